The molecule has 0 aromatic rings. The van der Waals surface area contributed by atoms with E-state index in [-0.39, 0.29) is 11.9 Å². The van der Waals surface area contributed by atoms with Crippen LogP contribution in [-0.4, -0.2) is 31.3 Å². The number of carbonyl (C=O) groups is 2. The van der Waals surface area contributed by atoms with Crippen molar-refractivity contribution in [3.05, 3.63) is 22.1 Å². The van der Waals surface area contributed by atoms with Gasteiger partial charge in [-0.1, -0.05) is 12.5 Å². The van der Waals surface area contributed by atoms with Gasteiger partial charge in [-0.05, 0) is 25.2 Å². The zero-order chi connectivity index (χ0) is 13.5. The second-order valence-electron chi connectivity index (χ2n) is 4.03. The molecule has 18 heavy (non-hydrogen) atoms. The van der Waals surface area contributed by atoms with Crippen LogP contribution in [0.2, 0.25) is 0 Å². The van der Waals surface area contributed by atoms with Gasteiger partial charge in [0.2, 0.25) is 5.91 Å². The van der Waals surface area contributed by atoms with E-state index < -0.39 is 0 Å². The second kappa shape index (κ2) is 7.26. The maximum atomic E-state index is 11.8. The summed E-state index contributed by atoms with van der Waals surface area (Å²) in [6.07, 6.45) is 1.34. The van der Waals surface area contributed by atoms with E-state index in [0.717, 1.165) is 23.3 Å². The highest BCUT2D eigenvalue weighted by atomic mass is 32.2. The number of ether oxygens (including phenoxy) is 1. The Balaban J connectivity index is 2.88. The molecule has 0 unspecified atom stereocenters. The lowest BCUT2D eigenvalue weighted by molar-refractivity contribution is -0.136. The molecule has 0 aliphatic carbocycles. The number of thioether (sulfide) groups is 1. The minimum Gasteiger partial charge on any atom is -0.466 e. The Morgan fingerprint density at radius 2 is 2.28 bits per heavy atom. The summed E-state index contributed by atoms with van der Waals surface area (Å²) in [5.74, 6) is 0.366. The Hall–Kier alpha value is -1.23. The molecule has 0 atom stereocenters. The lowest BCUT2D eigenvalue weighted by Crippen LogP contribution is -2.27. The van der Waals surface area contributed by atoms with Crippen LogP contribution < -0.4 is 5.32 Å². The van der Waals surface area contributed by atoms with Gasteiger partial charge in [-0.25, -0.2) is 4.79 Å². The van der Waals surface area contributed by atoms with E-state index in [1.807, 2.05) is 19.3 Å². The molecule has 1 rings (SSSR count). The zero-order valence-corrected chi connectivity index (χ0v) is 11.9. The van der Waals surface area contributed by atoms with E-state index in [9.17, 15) is 9.59 Å². The summed E-state index contributed by atoms with van der Waals surface area (Å²) in [6, 6.07) is 0. The topological polar surface area (TPSA) is 55.4 Å². The number of hydrogen-bond acceptors (Lipinski definition) is 4. The van der Waals surface area contributed by atoms with Crippen molar-refractivity contribution < 1.29 is 14.3 Å². The average molecular weight is 269 g/mol. The Morgan fingerprint density at radius 1 is 1.56 bits per heavy atom. The fourth-order valence-corrected chi connectivity index (χ4v) is 2.78. The number of nitrogens with one attached hydrogen (secondary N) is 1. The van der Waals surface area contributed by atoms with Crippen molar-refractivity contribution in [1.29, 1.82) is 0 Å². The molecule has 0 radical (unpaired) electrons. The number of methoxy groups -OCH3 is 1. The van der Waals surface area contributed by atoms with E-state index in [1.54, 1.807) is 11.8 Å². The first kappa shape index (κ1) is 14.8. The standard InChI is InChI=1S/C13H19NO3S/c1-4-10-7-18-8-11(13(16)17-3)5-6-14-12(15)9(10)2/h8H,4-7H2,1-3H3,(H,14,15)/b10-9-,11-8+. The molecule has 5 heteroatoms. The van der Waals surface area contributed by atoms with Crippen molar-refractivity contribution in [2.24, 2.45) is 0 Å². The van der Waals surface area contributed by atoms with Gasteiger partial charge in [0, 0.05) is 23.4 Å². The van der Waals surface area contributed by atoms with Crippen molar-refractivity contribution in [1.82, 2.24) is 5.32 Å². The highest BCUT2D eigenvalue weighted by Gasteiger charge is 2.14. The molecule has 1 amide bonds. The Labute approximate surface area is 112 Å². The van der Waals surface area contributed by atoms with Crippen LogP contribution in [0.4, 0.5) is 0 Å². The molecule has 1 aliphatic rings. The van der Waals surface area contributed by atoms with Gasteiger partial charge in [0.25, 0.3) is 0 Å². The maximum absolute atomic E-state index is 11.8. The molecule has 1 heterocycles. The molecule has 0 bridgehead atoms. The molecule has 1 aliphatic heterocycles. The molecule has 0 fully saturated rings. The number of carbonyl (C=O) groups excluding carboxylic acids is 2. The van der Waals surface area contributed by atoms with Gasteiger partial charge in [0.05, 0.1) is 7.11 Å². The number of rotatable bonds is 2. The lowest BCUT2D eigenvalue weighted by Gasteiger charge is -2.13. The Morgan fingerprint density at radius 3 is 2.89 bits per heavy atom. The third-order valence-electron chi connectivity index (χ3n) is 2.91. The fourth-order valence-electron chi connectivity index (χ4n) is 1.66. The van der Waals surface area contributed by atoms with Crippen molar-refractivity contribution >= 4 is 23.6 Å². The average Bonchev–Trinajstić information content (AvgIpc) is 2.39. The fraction of sp³-hybridized carbons (Fsp3) is 0.538. The summed E-state index contributed by atoms with van der Waals surface area (Å²) in [6.45, 7) is 4.33. The monoisotopic (exact) mass is 269 g/mol. The Kier molecular flexibility index (Phi) is 5.98. The number of esters is 1. The second-order valence-corrected chi connectivity index (χ2v) is 4.89. The largest absolute Gasteiger partial charge is 0.466 e. The van der Waals surface area contributed by atoms with Crippen LogP contribution >= 0.6 is 11.8 Å². The summed E-state index contributed by atoms with van der Waals surface area (Å²) < 4.78 is 4.71. The smallest absolute Gasteiger partial charge is 0.334 e. The van der Waals surface area contributed by atoms with Gasteiger partial charge in [-0.3, -0.25) is 4.79 Å². The molecule has 1 N–H and O–H groups in total. The minimum absolute atomic E-state index is 0.0430. The van der Waals surface area contributed by atoms with Gasteiger partial charge >= 0.3 is 5.97 Å². The van der Waals surface area contributed by atoms with Gasteiger partial charge in [0.15, 0.2) is 0 Å². The number of amides is 1. The van der Waals surface area contributed by atoms with Crippen LogP contribution in [0, 0.1) is 0 Å². The molecule has 4 nitrogen and oxygen atoms in total. The predicted molar refractivity (Wildman–Crippen MR) is 73.2 cm³/mol. The summed E-state index contributed by atoms with van der Waals surface area (Å²) in [7, 11) is 1.37. The van der Waals surface area contributed by atoms with Crippen LogP contribution in [0.3, 0.4) is 0 Å². The van der Waals surface area contributed by atoms with Crippen molar-refractivity contribution in [2.45, 2.75) is 26.7 Å². The van der Waals surface area contributed by atoms with Crippen molar-refractivity contribution in [3.63, 3.8) is 0 Å². The van der Waals surface area contributed by atoms with E-state index in [1.165, 1.54) is 7.11 Å². The first-order valence-corrected chi connectivity index (χ1v) is 7.00. The van der Waals surface area contributed by atoms with Crippen molar-refractivity contribution in [2.75, 3.05) is 19.4 Å². The molecular formula is C13H19NO3S. The molecule has 0 saturated carbocycles. The van der Waals surface area contributed by atoms with Crippen LogP contribution in [0.1, 0.15) is 26.7 Å². The van der Waals surface area contributed by atoms with Gasteiger partial charge in [0.1, 0.15) is 0 Å². The molecule has 0 saturated heterocycles. The van der Waals surface area contributed by atoms with Gasteiger partial charge < -0.3 is 10.1 Å². The third-order valence-corrected chi connectivity index (χ3v) is 3.87. The lowest BCUT2D eigenvalue weighted by atomic mass is 10.1. The molecular weight excluding hydrogens is 250 g/mol. The molecule has 0 aromatic heterocycles. The maximum Gasteiger partial charge on any atom is 0.334 e. The zero-order valence-electron chi connectivity index (χ0n) is 11.0. The summed E-state index contributed by atoms with van der Waals surface area (Å²) in [4.78, 5) is 23.3. The first-order chi connectivity index (χ1) is 8.60. The molecule has 100 valence electrons. The van der Waals surface area contributed by atoms with E-state index in [4.69, 9.17) is 4.74 Å². The molecule has 0 aromatic carbocycles. The SMILES string of the molecule is CC/C1=C(\C)C(=O)NCC/C(C(=O)OC)=C\SC1. The summed E-state index contributed by atoms with van der Waals surface area (Å²) in [5.41, 5.74) is 2.51. The van der Waals surface area contributed by atoms with E-state index >= 15 is 0 Å². The van der Waals surface area contributed by atoms with Crippen LogP contribution in [0.15, 0.2) is 22.1 Å². The first-order valence-electron chi connectivity index (χ1n) is 5.95. The highest BCUT2D eigenvalue weighted by Crippen LogP contribution is 2.20. The van der Waals surface area contributed by atoms with Crippen molar-refractivity contribution in [3.8, 4) is 0 Å². The van der Waals surface area contributed by atoms with Gasteiger partial charge in [-0.15, -0.1) is 11.8 Å². The highest BCUT2D eigenvalue weighted by molar-refractivity contribution is 8.02. The summed E-state index contributed by atoms with van der Waals surface area (Å²) >= 11 is 1.54. The van der Waals surface area contributed by atoms with E-state index in [2.05, 4.69) is 5.32 Å². The Bertz CT molecular complexity index is 399. The van der Waals surface area contributed by atoms with Gasteiger partial charge in [-0.2, -0.15) is 0 Å². The third kappa shape index (κ3) is 3.91. The normalized spacial score (nSPS) is 24.8. The minimum atomic E-state index is -0.323. The van der Waals surface area contributed by atoms with Crippen LogP contribution in [0.5, 0.6) is 0 Å². The molecule has 0 spiro atoms. The predicted octanol–water partition coefficient (Wildman–Crippen LogP) is 2.02. The van der Waals surface area contributed by atoms with E-state index in [0.29, 0.717) is 18.5 Å². The van der Waals surface area contributed by atoms with Crippen LogP contribution in [-0.2, 0) is 14.3 Å². The quantitative estimate of drug-likeness (QED) is 0.779. The van der Waals surface area contributed by atoms with Crippen LogP contribution in [0.25, 0.3) is 0 Å². The summed E-state index contributed by atoms with van der Waals surface area (Å²) in [5, 5.41) is 4.66. The number of hydrogen-bond donors (Lipinski definition) is 1.